The number of amides is 2. The van der Waals surface area contributed by atoms with E-state index >= 15 is 0 Å². The molecule has 0 aliphatic carbocycles. The van der Waals surface area contributed by atoms with Crippen molar-refractivity contribution in [3.63, 3.8) is 0 Å². The van der Waals surface area contributed by atoms with Crippen molar-refractivity contribution in [1.82, 2.24) is 24.2 Å². The minimum absolute atomic E-state index is 0.00535. The smallest absolute Gasteiger partial charge is 0.434 e. The second kappa shape index (κ2) is 10.5. The number of hydrogen-bond acceptors (Lipinski definition) is 9. The van der Waals surface area contributed by atoms with Gasteiger partial charge in [-0.25, -0.2) is 24.1 Å². The summed E-state index contributed by atoms with van der Waals surface area (Å²) in [5.41, 5.74) is -0.332. The first kappa shape index (κ1) is 26.0. The van der Waals surface area contributed by atoms with Crippen LogP contribution in [0.4, 0.5) is 38.9 Å². The second-order valence-corrected chi connectivity index (χ2v) is 8.68. The molecule has 3 N–H and O–H groups in total. The maximum atomic E-state index is 14.3. The fourth-order valence-corrected chi connectivity index (χ4v) is 4.24. The Labute approximate surface area is 210 Å². The number of carboxylic acid groups (broad SMARTS) is 1. The van der Waals surface area contributed by atoms with Gasteiger partial charge < -0.3 is 25.4 Å². The number of aromatic nitrogens is 4. The SMILES string of the molecule is Cc1nsc(Nc2cnc(C(F)(F)F)cn2)c1C(=O)Nc1ccc(O[C@H]2CCN(C(=O)O)C[C@H]2F)nc1. The van der Waals surface area contributed by atoms with Crippen LogP contribution in [0, 0.1) is 6.92 Å². The van der Waals surface area contributed by atoms with E-state index in [1.165, 1.54) is 18.3 Å². The molecular weight excluding hydrogens is 522 g/mol. The summed E-state index contributed by atoms with van der Waals surface area (Å²) in [6.07, 6.45) is -5.25. The van der Waals surface area contributed by atoms with Crippen LogP contribution in [-0.2, 0) is 6.18 Å². The summed E-state index contributed by atoms with van der Waals surface area (Å²) in [6.45, 7) is 1.43. The molecule has 37 heavy (non-hydrogen) atoms. The Hall–Kier alpha value is -4.08. The number of carbonyl (C=O) groups excluding carboxylic acids is 1. The molecule has 0 saturated carbocycles. The largest absolute Gasteiger partial charge is 0.471 e. The lowest BCUT2D eigenvalue weighted by Gasteiger charge is -2.32. The Morgan fingerprint density at radius 1 is 1.19 bits per heavy atom. The Bertz CT molecular complexity index is 1270. The standard InChI is InChI=1S/C21H19F4N7O4S/c1-10-17(19(37-31-10)30-15-8-26-14(7-27-15)21(23,24)25)18(33)29-11-2-3-16(28-6-11)36-13-4-5-32(20(34)35)9-12(13)22/h2-3,6-8,12-13H,4-5,9H2,1H3,(H,27,30)(H,29,33)(H,34,35)/t12-,13+/m1/s1. The van der Waals surface area contributed by atoms with E-state index in [4.69, 9.17) is 9.84 Å². The van der Waals surface area contributed by atoms with Crippen molar-refractivity contribution >= 4 is 40.0 Å². The Morgan fingerprint density at radius 2 is 1.97 bits per heavy atom. The maximum absolute atomic E-state index is 14.3. The number of anilines is 3. The predicted molar refractivity (Wildman–Crippen MR) is 123 cm³/mol. The van der Waals surface area contributed by atoms with E-state index in [1.54, 1.807) is 6.92 Å². The number of piperidine rings is 1. The summed E-state index contributed by atoms with van der Waals surface area (Å²) in [6, 6.07) is 2.92. The topological polar surface area (TPSA) is 142 Å². The van der Waals surface area contributed by atoms with Gasteiger partial charge in [0.25, 0.3) is 5.91 Å². The van der Waals surface area contributed by atoms with Crippen molar-refractivity contribution < 1.29 is 37.0 Å². The third kappa shape index (κ3) is 6.19. The molecule has 3 aromatic rings. The van der Waals surface area contributed by atoms with Crippen LogP contribution >= 0.6 is 11.5 Å². The molecule has 1 aliphatic rings. The molecule has 0 radical (unpaired) electrons. The number of likely N-dealkylation sites (tertiary alicyclic amines) is 1. The van der Waals surface area contributed by atoms with Gasteiger partial charge >= 0.3 is 12.3 Å². The van der Waals surface area contributed by atoms with Crippen LogP contribution in [0.25, 0.3) is 0 Å². The molecule has 0 aromatic carbocycles. The van der Waals surface area contributed by atoms with Crippen molar-refractivity contribution in [2.75, 3.05) is 23.7 Å². The van der Waals surface area contributed by atoms with E-state index in [1.807, 2.05) is 0 Å². The lowest BCUT2D eigenvalue weighted by atomic mass is 10.1. The number of halogens is 4. The van der Waals surface area contributed by atoms with Gasteiger partial charge in [-0.3, -0.25) is 4.79 Å². The zero-order chi connectivity index (χ0) is 26.7. The Balaban J connectivity index is 1.39. The summed E-state index contributed by atoms with van der Waals surface area (Å²) in [5, 5.41) is 14.6. The van der Waals surface area contributed by atoms with Gasteiger partial charge in [0.1, 0.15) is 16.9 Å². The molecule has 0 unspecified atom stereocenters. The average Bonchev–Trinajstić information content (AvgIpc) is 3.21. The van der Waals surface area contributed by atoms with Gasteiger partial charge in [-0.1, -0.05) is 0 Å². The lowest BCUT2D eigenvalue weighted by molar-refractivity contribution is -0.141. The van der Waals surface area contributed by atoms with Gasteiger partial charge in [0.15, 0.2) is 11.9 Å². The minimum Gasteiger partial charge on any atom is -0.471 e. The van der Waals surface area contributed by atoms with Gasteiger partial charge in [-0.05, 0) is 24.5 Å². The fourth-order valence-electron chi connectivity index (χ4n) is 3.44. The number of aryl methyl sites for hydroxylation is 1. The van der Waals surface area contributed by atoms with E-state index in [2.05, 4.69) is 30.0 Å². The monoisotopic (exact) mass is 541 g/mol. The summed E-state index contributed by atoms with van der Waals surface area (Å²) in [5.74, 6) is -0.464. The van der Waals surface area contributed by atoms with Crippen LogP contribution < -0.4 is 15.4 Å². The number of rotatable bonds is 6. The lowest BCUT2D eigenvalue weighted by Crippen LogP contribution is -2.48. The van der Waals surface area contributed by atoms with E-state index in [9.17, 15) is 27.2 Å². The van der Waals surface area contributed by atoms with Crippen molar-refractivity contribution in [2.24, 2.45) is 0 Å². The van der Waals surface area contributed by atoms with E-state index in [0.29, 0.717) is 17.6 Å². The molecule has 3 aromatic heterocycles. The molecule has 11 nitrogen and oxygen atoms in total. The van der Waals surface area contributed by atoms with E-state index in [0.717, 1.165) is 22.6 Å². The van der Waals surface area contributed by atoms with Crippen molar-refractivity contribution in [3.8, 4) is 5.88 Å². The highest BCUT2D eigenvalue weighted by Crippen LogP contribution is 2.30. The quantitative estimate of drug-likeness (QED) is 0.393. The zero-order valence-electron chi connectivity index (χ0n) is 19.0. The van der Waals surface area contributed by atoms with Crippen molar-refractivity contribution in [3.05, 3.63) is 47.7 Å². The summed E-state index contributed by atoms with van der Waals surface area (Å²) < 4.78 is 62.0. The van der Waals surface area contributed by atoms with E-state index < -0.39 is 36.1 Å². The summed E-state index contributed by atoms with van der Waals surface area (Å²) >= 11 is 0.920. The van der Waals surface area contributed by atoms with Gasteiger partial charge in [0, 0.05) is 19.0 Å². The average molecular weight is 541 g/mol. The van der Waals surface area contributed by atoms with Crippen LogP contribution in [0.15, 0.2) is 30.7 Å². The molecule has 2 atom stereocenters. The number of alkyl halides is 4. The number of hydrogen-bond donors (Lipinski definition) is 3. The molecule has 0 bridgehead atoms. The number of pyridine rings is 1. The van der Waals surface area contributed by atoms with Crippen LogP contribution in [0.3, 0.4) is 0 Å². The Morgan fingerprint density at radius 3 is 2.57 bits per heavy atom. The van der Waals surface area contributed by atoms with Crippen LogP contribution in [0.2, 0.25) is 0 Å². The molecule has 0 spiro atoms. The molecule has 16 heteroatoms. The van der Waals surface area contributed by atoms with Gasteiger partial charge in [0.05, 0.1) is 42.1 Å². The Kier molecular flexibility index (Phi) is 7.37. The van der Waals surface area contributed by atoms with Crippen molar-refractivity contribution in [2.45, 2.75) is 31.8 Å². The molecule has 4 rings (SSSR count). The highest BCUT2D eigenvalue weighted by Gasteiger charge is 2.34. The fraction of sp³-hybridized carbons (Fsp3) is 0.333. The molecule has 1 saturated heterocycles. The van der Waals surface area contributed by atoms with Gasteiger partial charge in [0.2, 0.25) is 5.88 Å². The number of carbonyl (C=O) groups is 2. The predicted octanol–water partition coefficient (Wildman–Crippen LogP) is 4.12. The number of nitrogens with zero attached hydrogens (tertiary/aromatic N) is 5. The third-order valence-corrected chi connectivity index (χ3v) is 6.15. The first-order valence-corrected chi connectivity index (χ1v) is 11.5. The highest BCUT2D eigenvalue weighted by molar-refractivity contribution is 7.10. The zero-order valence-corrected chi connectivity index (χ0v) is 19.8. The minimum atomic E-state index is -4.63. The maximum Gasteiger partial charge on any atom is 0.434 e. The first-order chi connectivity index (χ1) is 17.5. The molecule has 1 aliphatic heterocycles. The second-order valence-electron chi connectivity index (χ2n) is 7.91. The summed E-state index contributed by atoms with van der Waals surface area (Å²) in [4.78, 5) is 35.9. The van der Waals surface area contributed by atoms with Crippen LogP contribution in [-0.4, -0.2) is 66.7 Å². The summed E-state index contributed by atoms with van der Waals surface area (Å²) in [7, 11) is 0. The number of ether oxygens (including phenoxy) is 1. The van der Waals surface area contributed by atoms with Crippen LogP contribution in [0.5, 0.6) is 5.88 Å². The van der Waals surface area contributed by atoms with Crippen molar-refractivity contribution in [1.29, 1.82) is 0 Å². The van der Waals surface area contributed by atoms with E-state index in [-0.39, 0.29) is 41.8 Å². The molecule has 2 amide bonds. The molecule has 4 heterocycles. The highest BCUT2D eigenvalue weighted by atomic mass is 32.1. The van der Waals surface area contributed by atoms with Gasteiger partial charge in [-0.2, -0.15) is 17.5 Å². The molecule has 1 fully saturated rings. The van der Waals surface area contributed by atoms with Gasteiger partial charge in [-0.15, -0.1) is 0 Å². The first-order valence-electron chi connectivity index (χ1n) is 10.7. The third-order valence-electron chi connectivity index (χ3n) is 5.29. The normalized spacial score (nSPS) is 17.8. The van der Waals surface area contributed by atoms with Crippen LogP contribution in [0.1, 0.15) is 28.2 Å². The molecular formula is C21H19F4N7O4S. The number of nitrogens with one attached hydrogen (secondary N) is 2. The molecule has 196 valence electrons.